The smallest absolute Gasteiger partial charge is 0.338 e. The lowest BCUT2D eigenvalue weighted by atomic mass is 10.1. The van der Waals surface area contributed by atoms with E-state index in [1.165, 1.54) is 29.3 Å². The van der Waals surface area contributed by atoms with Crippen LogP contribution in [0.25, 0.3) is 17.4 Å². The summed E-state index contributed by atoms with van der Waals surface area (Å²) in [6, 6.07) is 16.0. The molecular formula is C25H21FN2O4. The Bertz CT molecular complexity index is 1220. The Morgan fingerprint density at radius 1 is 1.06 bits per heavy atom. The lowest BCUT2D eigenvalue weighted by Crippen LogP contribution is -2.21. The molecule has 32 heavy (non-hydrogen) atoms. The van der Waals surface area contributed by atoms with E-state index in [9.17, 15) is 14.0 Å². The van der Waals surface area contributed by atoms with Gasteiger partial charge in [0.05, 0.1) is 28.6 Å². The third kappa shape index (κ3) is 4.37. The fourth-order valence-electron chi connectivity index (χ4n) is 3.22. The van der Waals surface area contributed by atoms with Crippen molar-refractivity contribution in [3.63, 3.8) is 0 Å². The summed E-state index contributed by atoms with van der Waals surface area (Å²) >= 11 is 0. The summed E-state index contributed by atoms with van der Waals surface area (Å²) in [6.45, 7) is 5.32. The number of hydrazone groups is 1. The van der Waals surface area contributed by atoms with E-state index in [1.807, 2.05) is 0 Å². The first-order valence-corrected chi connectivity index (χ1v) is 10.1. The normalized spacial score (nSPS) is 14.9. The number of nitrogens with zero attached hydrogens (tertiary/aromatic N) is 2. The molecule has 1 aliphatic rings. The van der Waals surface area contributed by atoms with Crippen molar-refractivity contribution in [1.29, 1.82) is 0 Å². The summed E-state index contributed by atoms with van der Waals surface area (Å²) in [5.41, 5.74) is 2.65. The molecule has 0 saturated heterocycles. The van der Waals surface area contributed by atoms with Crippen molar-refractivity contribution in [3.05, 3.63) is 83.4 Å². The highest BCUT2D eigenvalue weighted by Crippen LogP contribution is 2.28. The molecule has 0 atom stereocenters. The molecule has 1 aliphatic heterocycles. The van der Waals surface area contributed by atoms with Gasteiger partial charge in [-0.1, -0.05) is 12.1 Å². The van der Waals surface area contributed by atoms with Crippen molar-refractivity contribution in [1.82, 2.24) is 0 Å². The number of hydrogen-bond acceptors (Lipinski definition) is 5. The molecule has 4 rings (SSSR count). The zero-order valence-corrected chi connectivity index (χ0v) is 17.8. The molecule has 1 amide bonds. The number of ether oxygens (including phenoxy) is 1. The van der Waals surface area contributed by atoms with Crippen LogP contribution in [0.4, 0.5) is 10.1 Å². The van der Waals surface area contributed by atoms with Crippen LogP contribution in [0, 0.1) is 5.82 Å². The number of halogens is 1. The van der Waals surface area contributed by atoms with Gasteiger partial charge in [-0.2, -0.15) is 10.1 Å². The van der Waals surface area contributed by atoms with Gasteiger partial charge in [-0.3, -0.25) is 4.79 Å². The van der Waals surface area contributed by atoms with Crippen molar-refractivity contribution in [3.8, 4) is 11.3 Å². The quantitative estimate of drug-likeness (QED) is 0.397. The number of furan rings is 1. The van der Waals surface area contributed by atoms with Gasteiger partial charge in [0.1, 0.15) is 17.3 Å². The van der Waals surface area contributed by atoms with E-state index in [2.05, 4.69) is 5.10 Å². The predicted octanol–water partition coefficient (Wildman–Crippen LogP) is 5.46. The average Bonchev–Trinajstić information content (AvgIpc) is 3.34. The minimum absolute atomic E-state index is 0.188. The van der Waals surface area contributed by atoms with Gasteiger partial charge in [-0.05, 0) is 75.4 Å². The first-order valence-electron chi connectivity index (χ1n) is 10.1. The second-order valence-corrected chi connectivity index (χ2v) is 7.57. The molecule has 0 bridgehead atoms. The maximum Gasteiger partial charge on any atom is 0.338 e. The summed E-state index contributed by atoms with van der Waals surface area (Å²) in [5, 5.41) is 5.52. The number of carbonyl (C=O) groups excluding carboxylic acids is 2. The Balaban J connectivity index is 1.53. The fraction of sp³-hybridized carbons (Fsp3) is 0.160. The van der Waals surface area contributed by atoms with E-state index in [4.69, 9.17) is 9.15 Å². The highest BCUT2D eigenvalue weighted by atomic mass is 19.1. The molecule has 6 nitrogen and oxygen atoms in total. The van der Waals surface area contributed by atoms with Crippen molar-refractivity contribution in [2.45, 2.75) is 26.9 Å². The molecule has 2 heterocycles. The van der Waals surface area contributed by atoms with Gasteiger partial charge in [0.25, 0.3) is 5.91 Å². The molecule has 0 saturated carbocycles. The Morgan fingerprint density at radius 3 is 2.41 bits per heavy atom. The van der Waals surface area contributed by atoms with E-state index in [-0.39, 0.29) is 23.8 Å². The van der Waals surface area contributed by atoms with Crippen LogP contribution in [0.5, 0.6) is 0 Å². The maximum atomic E-state index is 13.2. The predicted molar refractivity (Wildman–Crippen MR) is 120 cm³/mol. The number of hydrogen-bond donors (Lipinski definition) is 0. The minimum Gasteiger partial charge on any atom is -0.459 e. The second-order valence-electron chi connectivity index (χ2n) is 7.57. The van der Waals surface area contributed by atoms with Gasteiger partial charge in [0.15, 0.2) is 0 Å². The fourth-order valence-corrected chi connectivity index (χ4v) is 3.22. The first kappa shape index (κ1) is 21.2. The lowest BCUT2D eigenvalue weighted by Gasteiger charge is -2.11. The molecule has 0 N–H and O–H groups in total. The molecule has 7 heteroatoms. The molecule has 162 valence electrons. The first-order chi connectivity index (χ1) is 15.3. The summed E-state index contributed by atoms with van der Waals surface area (Å²) in [4.78, 5) is 24.8. The van der Waals surface area contributed by atoms with Gasteiger partial charge in [0.2, 0.25) is 0 Å². The molecule has 0 fully saturated rings. The van der Waals surface area contributed by atoms with Gasteiger partial charge in [0, 0.05) is 5.56 Å². The average molecular weight is 432 g/mol. The van der Waals surface area contributed by atoms with Crippen LogP contribution in [0.1, 0.15) is 36.9 Å². The SMILES string of the molecule is CC1=NN(c2ccc(F)cc2)C(=O)C1=Cc1ccc(-c2ccc(C(=O)OC(C)C)cc2)o1. The molecule has 1 aromatic heterocycles. The Labute approximate surface area is 184 Å². The summed E-state index contributed by atoms with van der Waals surface area (Å²) < 4.78 is 24.3. The molecular weight excluding hydrogens is 411 g/mol. The highest BCUT2D eigenvalue weighted by Gasteiger charge is 2.29. The topological polar surface area (TPSA) is 72.1 Å². The minimum atomic E-state index is -0.384. The van der Waals surface area contributed by atoms with E-state index < -0.39 is 0 Å². The number of esters is 1. The zero-order chi connectivity index (χ0) is 22.8. The third-order valence-electron chi connectivity index (χ3n) is 4.80. The highest BCUT2D eigenvalue weighted by molar-refractivity contribution is 6.32. The lowest BCUT2D eigenvalue weighted by molar-refractivity contribution is -0.114. The van der Waals surface area contributed by atoms with Crippen LogP contribution in [0.2, 0.25) is 0 Å². The van der Waals surface area contributed by atoms with Crippen molar-refractivity contribution in [2.75, 3.05) is 5.01 Å². The molecule has 0 radical (unpaired) electrons. The number of rotatable bonds is 5. The molecule has 2 aromatic carbocycles. The van der Waals surface area contributed by atoms with Crippen molar-refractivity contribution < 1.29 is 23.1 Å². The summed E-state index contributed by atoms with van der Waals surface area (Å²) in [5.74, 6) is -0.000240. The third-order valence-corrected chi connectivity index (χ3v) is 4.80. The van der Waals surface area contributed by atoms with Crippen LogP contribution >= 0.6 is 0 Å². The van der Waals surface area contributed by atoms with E-state index >= 15 is 0 Å². The monoisotopic (exact) mass is 432 g/mol. The molecule has 0 aliphatic carbocycles. The number of anilines is 1. The second kappa shape index (κ2) is 8.63. The van der Waals surface area contributed by atoms with E-state index in [0.29, 0.717) is 34.1 Å². The number of benzene rings is 2. The Hall–Kier alpha value is -4.00. The molecule has 0 unspecified atom stereocenters. The maximum absolute atomic E-state index is 13.2. The van der Waals surface area contributed by atoms with Crippen LogP contribution in [0.3, 0.4) is 0 Å². The molecule has 0 spiro atoms. The van der Waals surface area contributed by atoms with Crippen LogP contribution in [-0.2, 0) is 9.53 Å². The molecule has 3 aromatic rings. The van der Waals surface area contributed by atoms with Crippen LogP contribution in [-0.4, -0.2) is 23.7 Å². The van der Waals surface area contributed by atoms with Gasteiger partial charge in [-0.15, -0.1) is 0 Å². The number of amides is 1. The Kier molecular flexibility index (Phi) is 5.73. The van der Waals surface area contributed by atoms with Crippen molar-refractivity contribution >= 4 is 29.4 Å². The summed E-state index contributed by atoms with van der Waals surface area (Å²) in [7, 11) is 0. The van der Waals surface area contributed by atoms with E-state index in [1.54, 1.807) is 63.2 Å². The van der Waals surface area contributed by atoms with Crippen LogP contribution < -0.4 is 5.01 Å². The zero-order valence-electron chi connectivity index (χ0n) is 17.8. The summed E-state index contributed by atoms with van der Waals surface area (Å²) in [6.07, 6.45) is 1.44. The van der Waals surface area contributed by atoms with Crippen molar-refractivity contribution in [2.24, 2.45) is 5.10 Å². The van der Waals surface area contributed by atoms with Gasteiger partial charge >= 0.3 is 5.97 Å². The van der Waals surface area contributed by atoms with Crippen LogP contribution in [0.15, 0.2) is 75.8 Å². The Morgan fingerprint density at radius 2 is 1.75 bits per heavy atom. The van der Waals surface area contributed by atoms with Gasteiger partial charge in [-0.25, -0.2) is 9.18 Å². The number of carbonyl (C=O) groups is 2. The largest absolute Gasteiger partial charge is 0.459 e. The van der Waals surface area contributed by atoms with Gasteiger partial charge < -0.3 is 9.15 Å². The van der Waals surface area contributed by atoms with E-state index in [0.717, 1.165) is 5.56 Å². The standard InChI is InChI=1S/C25H21FN2O4/c1-15(2)31-25(30)18-6-4-17(5-7-18)23-13-12-21(32-23)14-22-16(3)27-28(24(22)29)20-10-8-19(26)9-11-20/h4-15H,1-3H3.